The van der Waals surface area contributed by atoms with Gasteiger partial charge < -0.3 is 15.3 Å². The molecule has 1 aliphatic rings. The van der Waals surface area contributed by atoms with Crippen molar-refractivity contribution < 1.29 is 15.3 Å². The lowest BCUT2D eigenvalue weighted by molar-refractivity contribution is 0.120. The first-order valence-electron chi connectivity index (χ1n) is 7.43. The molecular weight excluding hydrogens is 240 g/mol. The molecule has 1 saturated carbocycles. The first-order chi connectivity index (χ1) is 9.10. The summed E-state index contributed by atoms with van der Waals surface area (Å²) in [6.45, 7) is 5.83. The SMILES string of the molecule is C=CCC1C(O)C[C@H](O)[C@@H]1/C=C/C(O)CCCCC. The third-order valence-electron chi connectivity index (χ3n) is 4.01. The molecule has 0 amide bonds. The van der Waals surface area contributed by atoms with Crippen LogP contribution >= 0.6 is 0 Å². The molecule has 0 radical (unpaired) electrons. The van der Waals surface area contributed by atoms with Crippen LogP contribution in [0.4, 0.5) is 0 Å². The lowest BCUT2D eigenvalue weighted by Crippen LogP contribution is -2.20. The Bertz CT molecular complexity index is 288. The molecule has 0 saturated heterocycles. The third kappa shape index (κ3) is 5.09. The number of rotatable bonds is 8. The predicted molar refractivity (Wildman–Crippen MR) is 77.7 cm³/mol. The summed E-state index contributed by atoms with van der Waals surface area (Å²) in [5, 5.41) is 29.7. The van der Waals surface area contributed by atoms with E-state index in [4.69, 9.17) is 0 Å². The van der Waals surface area contributed by atoms with Crippen molar-refractivity contribution in [3.05, 3.63) is 24.8 Å². The quantitative estimate of drug-likeness (QED) is 0.468. The van der Waals surface area contributed by atoms with Crippen LogP contribution < -0.4 is 0 Å². The summed E-state index contributed by atoms with van der Waals surface area (Å²) in [7, 11) is 0. The second-order valence-electron chi connectivity index (χ2n) is 5.58. The summed E-state index contributed by atoms with van der Waals surface area (Å²) in [5.74, 6) is -0.0552. The van der Waals surface area contributed by atoms with Gasteiger partial charge in [0.25, 0.3) is 0 Å². The first-order valence-corrected chi connectivity index (χ1v) is 7.43. The molecule has 1 rings (SSSR count). The van der Waals surface area contributed by atoms with Gasteiger partial charge in [-0.25, -0.2) is 0 Å². The average Bonchev–Trinajstić information content (AvgIpc) is 2.63. The van der Waals surface area contributed by atoms with Crippen molar-refractivity contribution in [3.63, 3.8) is 0 Å². The molecule has 0 aromatic rings. The van der Waals surface area contributed by atoms with E-state index in [9.17, 15) is 15.3 Å². The molecule has 0 bridgehead atoms. The molecule has 0 aromatic heterocycles. The summed E-state index contributed by atoms with van der Waals surface area (Å²) >= 11 is 0. The summed E-state index contributed by atoms with van der Waals surface area (Å²) in [6, 6.07) is 0. The number of allylic oxidation sites excluding steroid dienone is 1. The molecule has 3 N–H and O–H groups in total. The summed E-state index contributed by atoms with van der Waals surface area (Å²) in [6.07, 6.45) is 9.18. The van der Waals surface area contributed by atoms with Crippen molar-refractivity contribution in [3.8, 4) is 0 Å². The van der Waals surface area contributed by atoms with Crippen molar-refractivity contribution in [2.24, 2.45) is 11.8 Å². The van der Waals surface area contributed by atoms with Crippen LogP contribution in [-0.2, 0) is 0 Å². The highest BCUT2D eigenvalue weighted by molar-refractivity contribution is 5.05. The third-order valence-corrected chi connectivity index (χ3v) is 4.01. The Kier molecular flexibility index (Phi) is 7.36. The van der Waals surface area contributed by atoms with Gasteiger partial charge in [-0.2, -0.15) is 0 Å². The number of unbranched alkanes of at least 4 members (excludes halogenated alkanes) is 2. The molecule has 110 valence electrons. The van der Waals surface area contributed by atoms with Crippen LogP contribution in [0.15, 0.2) is 24.8 Å². The molecule has 3 heteroatoms. The maximum absolute atomic E-state index is 9.96. The zero-order valence-electron chi connectivity index (χ0n) is 11.9. The van der Waals surface area contributed by atoms with Crippen molar-refractivity contribution >= 4 is 0 Å². The summed E-state index contributed by atoms with van der Waals surface area (Å²) in [4.78, 5) is 0. The molecule has 5 atom stereocenters. The minimum atomic E-state index is -0.515. The predicted octanol–water partition coefficient (Wildman–Crippen LogP) is 2.42. The van der Waals surface area contributed by atoms with E-state index in [1.54, 1.807) is 12.2 Å². The monoisotopic (exact) mass is 268 g/mol. The molecule has 19 heavy (non-hydrogen) atoms. The molecule has 0 spiro atoms. The zero-order chi connectivity index (χ0) is 14.3. The molecule has 1 aliphatic carbocycles. The van der Waals surface area contributed by atoms with Gasteiger partial charge in [-0.3, -0.25) is 0 Å². The fraction of sp³-hybridized carbons (Fsp3) is 0.750. The summed E-state index contributed by atoms with van der Waals surface area (Å²) < 4.78 is 0. The highest BCUT2D eigenvalue weighted by atomic mass is 16.3. The van der Waals surface area contributed by atoms with E-state index in [-0.39, 0.29) is 11.8 Å². The minimum absolute atomic E-state index is 0.0200. The van der Waals surface area contributed by atoms with E-state index in [1.165, 1.54) is 0 Å². The van der Waals surface area contributed by atoms with Crippen LogP contribution in [0.5, 0.6) is 0 Å². The van der Waals surface area contributed by atoms with E-state index >= 15 is 0 Å². The van der Waals surface area contributed by atoms with Crippen molar-refractivity contribution in [1.29, 1.82) is 0 Å². The largest absolute Gasteiger partial charge is 0.393 e. The van der Waals surface area contributed by atoms with Crippen LogP contribution in [0.25, 0.3) is 0 Å². The Hall–Kier alpha value is -0.640. The molecule has 3 unspecified atom stereocenters. The lowest BCUT2D eigenvalue weighted by Gasteiger charge is -2.19. The molecular formula is C16H28O3. The second-order valence-corrected chi connectivity index (χ2v) is 5.58. The smallest absolute Gasteiger partial charge is 0.0721 e. The van der Waals surface area contributed by atoms with Gasteiger partial charge in [0.2, 0.25) is 0 Å². The maximum atomic E-state index is 9.96. The Balaban J connectivity index is 2.50. The van der Waals surface area contributed by atoms with Gasteiger partial charge in [-0.15, -0.1) is 6.58 Å². The Morgan fingerprint density at radius 2 is 2.00 bits per heavy atom. The molecule has 0 aromatic carbocycles. The van der Waals surface area contributed by atoms with Gasteiger partial charge in [-0.1, -0.05) is 44.4 Å². The second kappa shape index (κ2) is 8.51. The zero-order valence-corrected chi connectivity index (χ0v) is 11.9. The number of aliphatic hydroxyl groups excluding tert-OH is 3. The van der Waals surface area contributed by atoms with E-state index in [2.05, 4.69) is 13.5 Å². The fourth-order valence-corrected chi connectivity index (χ4v) is 2.86. The van der Waals surface area contributed by atoms with Crippen LogP contribution in [0, 0.1) is 11.8 Å². The van der Waals surface area contributed by atoms with Crippen LogP contribution in [0.3, 0.4) is 0 Å². The highest BCUT2D eigenvalue weighted by Crippen LogP contribution is 2.36. The number of aliphatic hydroxyl groups is 3. The van der Waals surface area contributed by atoms with E-state index in [0.717, 1.165) is 25.7 Å². The van der Waals surface area contributed by atoms with E-state index in [1.807, 2.05) is 6.08 Å². The fourth-order valence-electron chi connectivity index (χ4n) is 2.86. The standard InChI is InChI=1S/C16H28O3/c1-3-5-6-8-12(17)9-10-14-13(7-4-2)15(18)11-16(14)19/h4,9-10,12-19H,2-3,5-8,11H2,1H3/b10-9+/t12?,13?,14-,15?,16+/m1/s1. The molecule has 0 heterocycles. The minimum Gasteiger partial charge on any atom is -0.393 e. The Labute approximate surface area is 116 Å². The van der Waals surface area contributed by atoms with Crippen molar-refractivity contribution in [1.82, 2.24) is 0 Å². The van der Waals surface area contributed by atoms with Crippen molar-refractivity contribution in [2.45, 2.75) is 63.8 Å². The van der Waals surface area contributed by atoms with Crippen LogP contribution in [0.2, 0.25) is 0 Å². The maximum Gasteiger partial charge on any atom is 0.0721 e. The van der Waals surface area contributed by atoms with Gasteiger partial charge in [0.1, 0.15) is 0 Å². The average molecular weight is 268 g/mol. The molecule has 0 aliphatic heterocycles. The Morgan fingerprint density at radius 3 is 2.63 bits per heavy atom. The van der Waals surface area contributed by atoms with Gasteiger partial charge >= 0.3 is 0 Å². The van der Waals surface area contributed by atoms with Crippen LogP contribution in [0.1, 0.15) is 45.4 Å². The van der Waals surface area contributed by atoms with Crippen molar-refractivity contribution in [2.75, 3.05) is 0 Å². The van der Waals surface area contributed by atoms with E-state index in [0.29, 0.717) is 12.8 Å². The normalized spacial score (nSPS) is 32.8. The van der Waals surface area contributed by atoms with Crippen LogP contribution in [-0.4, -0.2) is 33.6 Å². The van der Waals surface area contributed by atoms with Gasteiger partial charge in [0, 0.05) is 12.3 Å². The topological polar surface area (TPSA) is 60.7 Å². The molecule has 3 nitrogen and oxygen atoms in total. The Morgan fingerprint density at radius 1 is 1.26 bits per heavy atom. The van der Waals surface area contributed by atoms with E-state index < -0.39 is 18.3 Å². The van der Waals surface area contributed by atoms with Gasteiger partial charge in [0.05, 0.1) is 18.3 Å². The lowest BCUT2D eigenvalue weighted by atomic mass is 9.90. The number of hydrogen-bond donors (Lipinski definition) is 3. The highest BCUT2D eigenvalue weighted by Gasteiger charge is 2.39. The van der Waals surface area contributed by atoms with Gasteiger partial charge in [0.15, 0.2) is 0 Å². The molecule has 1 fully saturated rings. The number of hydrogen-bond acceptors (Lipinski definition) is 3. The van der Waals surface area contributed by atoms with Gasteiger partial charge in [-0.05, 0) is 18.8 Å². The summed E-state index contributed by atoms with van der Waals surface area (Å²) in [5.41, 5.74) is 0. The first kappa shape index (κ1) is 16.4.